The smallest absolute Gasteiger partial charge is 0.320 e. The monoisotopic (exact) mass is 260 g/mol. The van der Waals surface area contributed by atoms with E-state index in [0.29, 0.717) is 39.4 Å². The predicted molar refractivity (Wildman–Crippen MR) is 62.2 cm³/mol. The lowest BCUT2D eigenvalue weighted by Crippen LogP contribution is -2.55. The first-order valence-electron chi connectivity index (χ1n) is 6.23. The molecule has 0 saturated carbocycles. The number of hydrogen-bond donors (Lipinski definition) is 2. The topological polar surface area (TPSA) is 82.5 Å². The summed E-state index contributed by atoms with van der Waals surface area (Å²) in [5.74, 6) is 0. The number of amides is 2. The Morgan fingerprint density at radius 1 is 1.00 bits per heavy atom. The van der Waals surface area contributed by atoms with E-state index < -0.39 is 0 Å². The summed E-state index contributed by atoms with van der Waals surface area (Å²) in [7, 11) is 0. The third kappa shape index (κ3) is 3.11. The number of ether oxygens (including phenoxy) is 2. The van der Waals surface area contributed by atoms with Gasteiger partial charge in [0.25, 0.3) is 0 Å². The molecule has 7 heteroatoms. The van der Waals surface area contributed by atoms with Crippen LogP contribution in [0.5, 0.6) is 0 Å². The van der Waals surface area contributed by atoms with E-state index in [-0.39, 0.29) is 31.5 Å². The van der Waals surface area contributed by atoms with Crippen molar-refractivity contribution in [1.82, 2.24) is 9.80 Å². The van der Waals surface area contributed by atoms with Gasteiger partial charge >= 0.3 is 6.03 Å². The molecule has 0 spiro atoms. The summed E-state index contributed by atoms with van der Waals surface area (Å²) in [5, 5.41) is 18.1. The van der Waals surface area contributed by atoms with E-state index >= 15 is 0 Å². The number of morpholine rings is 2. The summed E-state index contributed by atoms with van der Waals surface area (Å²) >= 11 is 0. The Bertz CT molecular complexity index is 263. The number of hydrogen-bond acceptors (Lipinski definition) is 5. The van der Waals surface area contributed by atoms with E-state index in [1.165, 1.54) is 0 Å². The summed E-state index contributed by atoms with van der Waals surface area (Å²) < 4.78 is 10.6. The molecule has 0 aromatic heterocycles. The van der Waals surface area contributed by atoms with E-state index in [1.54, 1.807) is 9.80 Å². The zero-order chi connectivity index (χ0) is 13.0. The van der Waals surface area contributed by atoms with Crippen molar-refractivity contribution in [2.24, 2.45) is 0 Å². The quantitative estimate of drug-likeness (QED) is 0.631. The Kier molecular flexibility index (Phi) is 4.76. The second kappa shape index (κ2) is 6.33. The van der Waals surface area contributed by atoms with Gasteiger partial charge in [-0.2, -0.15) is 0 Å². The average molecular weight is 260 g/mol. The number of nitrogens with zero attached hydrogens (tertiary/aromatic N) is 2. The molecule has 2 aliphatic rings. The molecule has 2 heterocycles. The van der Waals surface area contributed by atoms with Crippen molar-refractivity contribution in [2.45, 2.75) is 12.2 Å². The third-order valence-electron chi connectivity index (χ3n) is 3.23. The molecule has 0 radical (unpaired) electrons. The summed E-state index contributed by atoms with van der Waals surface area (Å²) in [4.78, 5) is 15.6. The van der Waals surface area contributed by atoms with E-state index in [1.807, 2.05) is 0 Å². The van der Waals surface area contributed by atoms with Crippen LogP contribution in [0, 0.1) is 0 Å². The van der Waals surface area contributed by atoms with E-state index in [9.17, 15) is 4.79 Å². The molecule has 2 fully saturated rings. The molecule has 0 aliphatic carbocycles. The molecule has 0 aromatic rings. The van der Waals surface area contributed by atoms with Gasteiger partial charge in [-0.15, -0.1) is 0 Å². The van der Waals surface area contributed by atoms with Gasteiger partial charge in [0.2, 0.25) is 0 Å². The molecule has 0 unspecified atom stereocenters. The highest BCUT2D eigenvalue weighted by Gasteiger charge is 2.30. The van der Waals surface area contributed by atoms with Gasteiger partial charge in [-0.05, 0) is 0 Å². The number of rotatable bonds is 2. The number of carbonyl (C=O) groups is 1. The maximum Gasteiger partial charge on any atom is 0.320 e. The van der Waals surface area contributed by atoms with Gasteiger partial charge in [-0.1, -0.05) is 0 Å². The summed E-state index contributed by atoms with van der Waals surface area (Å²) in [6.07, 6.45) is -0.588. The molecule has 2 aliphatic heterocycles. The van der Waals surface area contributed by atoms with E-state index in [0.717, 1.165) is 0 Å². The highest BCUT2D eigenvalue weighted by atomic mass is 16.5. The number of urea groups is 1. The lowest BCUT2D eigenvalue weighted by atomic mass is 10.2. The molecule has 2 amide bonds. The van der Waals surface area contributed by atoms with Crippen LogP contribution in [0.1, 0.15) is 0 Å². The standard InChI is InChI=1S/C11H20N2O5/c14-7-9-5-12(1-3-17-9)11(16)13-2-4-18-10(6-13)8-15/h9-10,14-15H,1-8H2/t9-,10-/m0/s1. The first-order chi connectivity index (χ1) is 8.74. The van der Waals surface area contributed by atoms with Crippen molar-refractivity contribution < 1.29 is 24.5 Å². The van der Waals surface area contributed by atoms with Crippen LogP contribution in [0.25, 0.3) is 0 Å². The average Bonchev–Trinajstić information content (AvgIpc) is 2.46. The fourth-order valence-corrected chi connectivity index (χ4v) is 2.21. The molecule has 2 rings (SSSR count). The van der Waals surface area contributed by atoms with Crippen molar-refractivity contribution in [3.05, 3.63) is 0 Å². The van der Waals surface area contributed by atoms with Crippen LogP contribution in [0.4, 0.5) is 4.79 Å². The van der Waals surface area contributed by atoms with Crippen LogP contribution in [-0.4, -0.2) is 90.9 Å². The van der Waals surface area contributed by atoms with Crippen LogP contribution < -0.4 is 0 Å². The fourth-order valence-electron chi connectivity index (χ4n) is 2.21. The third-order valence-corrected chi connectivity index (χ3v) is 3.23. The zero-order valence-corrected chi connectivity index (χ0v) is 10.3. The Morgan fingerprint density at radius 2 is 1.44 bits per heavy atom. The lowest BCUT2D eigenvalue weighted by molar-refractivity contribution is -0.0619. The molecular formula is C11H20N2O5. The molecule has 0 aromatic carbocycles. The van der Waals surface area contributed by atoms with Gasteiger partial charge in [-0.3, -0.25) is 0 Å². The minimum absolute atomic E-state index is 0.0708. The molecule has 7 nitrogen and oxygen atoms in total. The largest absolute Gasteiger partial charge is 0.394 e. The maximum atomic E-state index is 12.3. The lowest BCUT2D eigenvalue weighted by Gasteiger charge is -2.38. The molecule has 2 saturated heterocycles. The highest BCUT2D eigenvalue weighted by Crippen LogP contribution is 2.11. The minimum atomic E-state index is -0.294. The van der Waals surface area contributed by atoms with E-state index in [4.69, 9.17) is 19.7 Å². The van der Waals surface area contributed by atoms with Gasteiger partial charge in [0.15, 0.2) is 0 Å². The molecule has 18 heavy (non-hydrogen) atoms. The minimum Gasteiger partial charge on any atom is -0.394 e. The molecule has 104 valence electrons. The Balaban J connectivity index is 1.89. The van der Waals surface area contributed by atoms with Crippen molar-refractivity contribution >= 4 is 6.03 Å². The zero-order valence-electron chi connectivity index (χ0n) is 10.3. The van der Waals surface area contributed by atoms with Crippen LogP contribution >= 0.6 is 0 Å². The summed E-state index contributed by atoms with van der Waals surface area (Å²) in [5.41, 5.74) is 0. The van der Waals surface area contributed by atoms with Crippen LogP contribution in [0.2, 0.25) is 0 Å². The van der Waals surface area contributed by atoms with Crippen molar-refractivity contribution in [3.63, 3.8) is 0 Å². The fraction of sp³-hybridized carbons (Fsp3) is 0.909. The van der Waals surface area contributed by atoms with Crippen molar-refractivity contribution in [3.8, 4) is 0 Å². The van der Waals surface area contributed by atoms with Crippen molar-refractivity contribution in [2.75, 3.05) is 52.6 Å². The second-order valence-corrected chi connectivity index (χ2v) is 4.53. The molecule has 0 bridgehead atoms. The van der Waals surface area contributed by atoms with Crippen LogP contribution in [0.3, 0.4) is 0 Å². The second-order valence-electron chi connectivity index (χ2n) is 4.53. The molecular weight excluding hydrogens is 240 g/mol. The van der Waals surface area contributed by atoms with Crippen LogP contribution in [0.15, 0.2) is 0 Å². The Labute approximate surface area is 106 Å². The predicted octanol–water partition coefficient (Wildman–Crippen LogP) is -1.51. The van der Waals surface area contributed by atoms with Gasteiger partial charge < -0.3 is 29.5 Å². The first kappa shape index (κ1) is 13.5. The Morgan fingerprint density at radius 3 is 1.83 bits per heavy atom. The molecule has 2 atom stereocenters. The maximum absolute atomic E-state index is 12.3. The van der Waals surface area contributed by atoms with Crippen LogP contribution in [-0.2, 0) is 9.47 Å². The Hall–Kier alpha value is -0.890. The normalized spacial score (nSPS) is 29.4. The van der Waals surface area contributed by atoms with Crippen molar-refractivity contribution in [1.29, 1.82) is 0 Å². The van der Waals surface area contributed by atoms with Gasteiger partial charge in [0.1, 0.15) is 0 Å². The SMILES string of the molecule is O=C(N1CCO[C@H](CO)C1)N1CCO[C@H](CO)C1. The summed E-state index contributed by atoms with van der Waals surface area (Å²) in [6.45, 7) is 2.65. The van der Waals surface area contributed by atoms with Gasteiger partial charge in [0, 0.05) is 13.1 Å². The number of aliphatic hydroxyl groups excluding tert-OH is 2. The highest BCUT2D eigenvalue weighted by molar-refractivity contribution is 5.74. The van der Waals surface area contributed by atoms with Gasteiger partial charge in [0.05, 0.1) is 51.7 Å². The van der Waals surface area contributed by atoms with Gasteiger partial charge in [-0.25, -0.2) is 4.79 Å². The first-order valence-corrected chi connectivity index (χ1v) is 6.23. The number of carbonyl (C=O) groups excluding carboxylic acids is 1. The van der Waals surface area contributed by atoms with E-state index in [2.05, 4.69) is 0 Å². The summed E-state index contributed by atoms with van der Waals surface area (Å²) in [6, 6.07) is -0.0708. The number of aliphatic hydroxyl groups is 2. The molecule has 2 N–H and O–H groups in total.